The molecule has 50 heavy (non-hydrogen) atoms. The highest BCUT2D eigenvalue weighted by Crippen LogP contribution is 2.46. The number of para-hydroxylation sites is 2. The third-order valence-electron chi connectivity index (χ3n) is 10.6. The van der Waals surface area contributed by atoms with E-state index in [0.717, 1.165) is 74.6 Å². The van der Waals surface area contributed by atoms with Crippen molar-refractivity contribution in [3.05, 3.63) is 167 Å². The van der Waals surface area contributed by atoms with Crippen LogP contribution in [0.25, 0.3) is 44.2 Å². The lowest BCUT2D eigenvalue weighted by molar-refractivity contribution is 0.244. The second kappa shape index (κ2) is 11.8. The van der Waals surface area contributed by atoms with Gasteiger partial charge in [-0.15, -0.1) is 0 Å². The second-order valence-corrected chi connectivity index (χ2v) is 13.3. The topological polar surface area (TPSA) is 79.5 Å². The first-order valence-corrected chi connectivity index (χ1v) is 17.1. The summed E-state index contributed by atoms with van der Waals surface area (Å²) in [6.07, 6.45) is 20.4. The van der Waals surface area contributed by atoms with E-state index in [-0.39, 0.29) is 18.0 Å². The molecule has 3 atom stereocenters. The van der Waals surface area contributed by atoms with Gasteiger partial charge in [0.25, 0.3) is 0 Å². The van der Waals surface area contributed by atoms with Gasteiger partial charge < -0.3 is 9.47 Å². The molecule has 4 aliphatic rings. The van der Waals surface area contributed by atoms with Crippen LogP contribution in [0.15, 0.2) is 150 Å². The Balaban J connectivity index is 1.16. The summed E-state index contributed by atoms with van der Waals surface area (Å²) in [6, 6.07) is 36.2. The van der Waals surface area contributed by atoms with Crippen LogP contribution in [-0.2, 0) is 0 Å². The van der Waals surface area contributed by atoms with Gasteiger partial charge in [-0.05, 0) is 84.0 Å². The SMILES string of the molecule is N#CC1=CC2C3=C(CCC=C3)N(C3C=C(c4cc(-c5ccccc5-n5c6ccccc6c6ccc(C#N)cc65)ccc4C#N)C=CC3)C2C=C1. The Bertz CT molecular complexity index is 2580. The number of nitrogens with zero attached hydrogens (tertiary/aromatic N) is 5. The van der Waals surface area contributed by atoms with Crippen molar-refractivity contribution in [1.82, 2.24) is 9.47 Å². The number of rotatable bonds is 4. The fourth-order valence-electron chi connectivity index (χ4n) is 8.44. The fraction of sp³-hybridized carbons (Fsp3) is 0.133. The van der Waals surface area contributed by atoms with Crippen LogP contribution < -0.4 is 0 Å². The van der Waals surface area contributed by atoms with Gasteiger partial charge >= 0.3 is 0 Å². The molecular weight excluding hydrogens is 611 g/mol. The highest BCUT2D eigenvalue weighted by Gasteiger charge is 2.41. The molecule has 236 valence electrons. The van der Waals surface area contributed by atoms with Gasteiger partial charge in [-0.25, -0.2) is 0 Å². The standard InChI is InChI=1S/C45H31N5/c46-26-29-17-21-44-40(22-29)37-12-3-5-14-42(37)49(44)34-9-7-8-31(24-34)39-25-32(18-19-33(39)28-48)35-10-1-4-13-41(35)50-43-15-6-2-11-36(43)38-20-16-30(27-47)23-45(38)50/h1-4,6-8,10-13,15-25,34,40,44H,5,9,14H2. The number of fused-ring (bicyclic) bond motifs is 5. The van der Waals surface area contributed by atoms with Crippen molar-refractivity contribution in [2.24, 2.45) is 5.92 Å². The smallest absolute Gasteiger partial charge is 0.0998 e. The molecule has 0 saturated carbocycles. The van der Waals surface area contributed by atoms with Gasteiger partial charge in [0.05, 0.1) is 58.1 Å². The molecule has 3 aliphatic carbocycles. The summed E-state index contributed by atoms with van der Waals surface area (Å²) in [5.41, 5.74) is 11.7. The van der Waals surface area contributed by atoms with Crippen LogP contribution in [0.4, 0.5) is 0 Å². The Labute approximate surface area is 291 Å². The molecule has 2 heterocycles. The highest BCUT2D eigenvalue weighted by atomic mass is 15.2. The third kappa shape index (κ3) is 4.58. The van der Waals surface area contributed by atoms with Crippen molar-refractivity contribution in [3.8, 4) is 35.0 Å². The predicted molar refractivity (Wildman–Crippen MR) is 199 cm³/mol. The van der Waals surface area contributed by atoms with Gasteiger partial charge in [-0.1, -0.05) is 91.1 Å². The van der Waals surface area contributed by atoms with E-state index in [1.54, 1.807) is 0 Å². The van der Waals surface area contributed by atoms with Crippen LogP contribution >= 0.6 is 0 Å². The van der Waals surface area contributed by atoms with Crippen LogP contribution in [0, 0.1) is 39.9 Å². The monoisotopic (exact) mass is 641 g/mol. The predicted octanol–water partition coefficient (Wildman–Crippen LogP) is 9.83. The molecule has 0 N–H and O–H groups in total. The zero-order chi connectivity index (χ0) is 33.8. The van der Waals surface area contributed by atoms with E-state index in [0.29, 0.717) is 11.1 Å². The van der Waals surface area contributed by atoms with Crippen molar-refractivity contribution in [2.45, 2.75) is 31.3 Å². The van der Waals surface area contributed by atoms with Gasteiger partial charge in [0.1, 0.15) is 0 Å². The molecule has 0 fully saturated rings. The van der Waals surface area contributed by atoms with Gasteiger partial charge in [0, 0.05) is 33.5 Å². The third-order valence-corrected chi connectivity index (χ3v) is 10.6. The molecule has 1 aromatic heterocycles. The normalized spacial score (nSPS) is 20.6. The molecule has 5 nitrogen and oxygen atoms in total. The zero-order valence-electron chi connectivity index (χ0n) is 27.3. The summed E-state index contributed by atoms with van der Waals surface area (Å²) >= 11 is 0. The number of allylic oxidation sites excluding steroid dienone is 7. The van der Waals surface area contributed by atoms with E-state index in [2.05, 4.69) is 125 Å². The minimum atomic E-state index is 0.123. The van der Waals surface area contributed by atoms with Gasteiger partial charge in [-0.2, -0.15) is 15.8 Å². The second-order valence-electron chi connectivity index (χ2n) is 13.3. The van der Waals surface area contributed by atoms with Crippen LogP contribution in [0.1, 0.15) is 36.0 Å². The molecular formula is C45H31N5. The number of hydrogen-bond acceptors (Lipinski definition) is 4. The van der Waals surface area contributed by atoms with Crippen molar-refractivity contribution in [2.75, 3.05) is 0 Å². The average Bonchev–Trinajstić information content (AvgIpc) is 3.69. The van der Waals surface area contributed by atoms with E-state index >= 15 is 0 Å². The Morgan fingerprint density at radius 2 is 1.56 bits per heavy atom. The largest absolute Gasteiger partial charge is 0.360 e. The summed E-state index contributed by atoms with van der Waals surface area (Å²) in [5.74, 6) is 0.170. The lowest BCUT2D eigenvalue weighted by Crippen LogP contribution is -2.40. The van der Waals surface area contributed by atoms with E-state index < -0.39 is 0 Å². The van der Waals surface area contributed by atoms with E-state index in [4.69, 9.17) is 0 Å². The Kier molecular flexibility index (Phi) is 6.98. The van der Waals surface area contributed by atoms with Crippen LogP contribution in [-0.4, -0.2) is 21.6 Å². The quantitative estimate of drug-likeness (QED) is 0.196. The van der Waals surface area contributed by atoms with Crippen molar-refractivity contribution in [1.29, 1.82) is 15.8 Å². The molecule has 4 aromatic carbocycles. The lowest BCUT2D eigenvalue weighted by Gasteiger charge is -2.38. The van der Waals surface area contributed by atoms with Crippen molar-refractivity contribution in [3.63, 3.8) is 0 Å². The van der Waals surface area contributed by atoms with Gasteiger partial charge in [0.2, 0.25) is 0 Å². The summed E-state index contributed by atoms with van der Waals surface area (Å²) in [7, 11) is 0. The van der Waals surface area contributed by atoms with E-state index in [1.165, 1.54) is 11.3 Å². The Hall–Kier alpha value is -6.61. The maximum absolute atomic E-state index is 10.3. The highest BCUT2D eigenvalue weighted by molar-refractivity contribution is 6.10. The molecule has 1 aliphatic heterocycles. The maximum atomic E-state index is 10.3. The van der Waals surface area contributed by atoms with Crippen LogP contribution in [0.5, 0.6) is 0 Å². The fourth-order valence-corrected chi connectivity index (χ4v) is 8.44. The van der Waals surface area contributed by atoms with Crippen molar-refractivity contribution >= 4 is 27.4 Å². The van der Waals surface area contributed by atoms with Crippen molar-refractivity contribution < 1.29 is 0 Å². The van der Waals surface area contributed by atoms with Gasteiger partial charge in [-0.3, -0.25) is 0 Å². The lowest BCUT2D eigenvalue weighted by atomic mass is 9.86. The Morgan fingerprint density at radius 1 is 0.700 bits per heavy atom. The summed E-state index contributed by atoms with van der Waals surface area (Å²) in [5, 5.41) is 32.0. The molecule has 0 bridgehead atoms. The number of nitriles is 3. The Morgan fingerprint density at radius 3 is 2.44 bits per heavy atom. The first-order valence-electron chi connectivity index (χ1n) is 17.1. The number of hydrogen-bond donors (Lipinski definition) is 0. The zero-order valence-corrected chi connectivity index (χ0v) is 27.3. The first-order chi connectivity index (χ1) is 24.7. The number of aromatic nitrogens is 1. The molecule has 3 unspecified atom stereocenters. The van der Waals surface area contributed by atoms with Crippen LogP contribution in [0.2, 0.25) is 0 Å². The van der Waals surface area contributed by atoms with Gasteiger partial charge in [0.15, 0.2) is 0 Å². The summed E-state index contributed by atoms with van der Waals surface area (Å²) in [4.78, 5) is 2.57. The molecule has 5 aromatic rings. The molecule has 0 spiro atoms. The van der Waals surface area contributed by atoms with Crippen LogP contribution in [0.3, 0.4) is 0 Å². The maximum Gasteiger partial charge on any atom is 0.0998 e. The molecule has 0 radical (unpaired) electrons. The van der Waals surface area contributed by atoms with E-state index in [1.807, 2.05) is 36.4 Å². The molecule has 9 rings (SSSR count). The average molecular weight is 642 g/mol. The molecule has 0 saturated heterocycles. The number of benzene rings is 4. The minimum Gasteiger partial charge on any atom is -0.360 e. The molecule has 0 amide bonds. The molecule has 5 heteroatoms. The first kappa shape index (κ1) is 29.5. The minimum absolute atomic E-state index is 0.123. The summed E-state index contributed by atoms with van der Waals surface area (Å²) < 4.78 is 2.26. The summed E-state index contributed by atoms with van der Waals surface area (Å²) in [6.45, 7) is 0. The van der Waals surface area contributed by atoms with E-state index in [9.17, 15) is 15.8 Å².